The molecule has 8 heteroatoms. The van der Waals surface area contributed by atoms with E-state index in [2.05, 4.69) is 5.32 Å². The van der Waals surface area contributed by atoms with E-state index < -0.39 is 14.8 Å². The third-order valence-corrected chi connectivity index (χ3v) is 5.23. The molecule has 1 aromatic rings. The standard InChI is InChI=1S/C13H16N2O5S/c16-13(9-10-5-7-21(19,20)8-6-10)14-11-1-3-12(4-2-11)15(17)18/h1-4,10H,5-9H2,(H,14,16). The number of nitrogens with one attached hydrogen (secondary N) is 1. The van der Waals surface area contributed by atoms with Gasteiger partial charge in [-0.05, 0) is 30.9 Å². The van der Waals surface area contributed by atoms with E-state index in [4.69, 9.17) is 0 Å². The minimum Gasteiger partial charge on any atom is -0.326 e. The molecule has 1 aromatic carbocycles. The van der Waals surface area contributed by atoms with Gasteiger partial charge in [-0.3, -0.25) is 14.9 Å². The molecule has 0 saturated carbocycles. The molecule has 0 bridgehead atoms. The van der Waals surface area contributed by atoms with Gasteiger partial charge in [-0.15, -0.1) is 0 Å². The monoisotopic (exact) mass is 312 g/mol. The lowest BCUT2D eigenvalue weighted by Crippen LogP contribution is -2.26. The van der Waals surface area contributed by atoms with Crippen LogP contribution in [0.3, 0.4) is 0 Å². The highest BCUT2D eigenvalue weighted by molar-refractivity contribution is 7.91. The predicted molar refractivity (Wildman–Crippen MR) is 77.7 cm³/mol. The lowest BCUT2D eigenvalue weighted by atomic mass is 9.98. The van der Waals surface area contributed by atoms with Crippen LogP contribution >= 0.6 is 0 Å². The van der Waals surface area contributed by atoms with Gasteiger partial charge >= 0.3 is 0 Å². The third-order valence-electron chi connectivity index (χ3n) is 3.51. The molecule has 114 valence electrons. The molecule has 0 aromatic heterocycles. The van der Waals surface area contributed by atoms with Gasteiger partial charge in [0.05, 0.1) is 16.4 Å². The number of non-ortho nitro benzene ring substituents is 1. The first-order chi connectivity index (χ1) is 9.85. The van der Waals surface area contributed by atoms with Crippen molar-refractivity contribution in [2.24, 2.45) is 5.92 Å². The van der Waals surface area contributed by atoms with Gasteiger partial charge in [-0.1, -0.05) is 0 Å². The Kier molecular flexibility index (Phi) is 4.56. The molecule has 0 aliphatic carbocycles. The first-order valence-electron chi connectivity index (χ1n) is 6.60. The molecule has 7 nitrogen and oxygen atoms in total. The van der Waals surface area contributed by atoms with Crippen molar-refractivity contribution >= 4 is 27.1 Å². The molecule has 2 rings (SSSR count). The van der Waals surface area contributed by atoms with Gasteiger partial charge in [0.2, 0.25) is 5.91 Å². The Bertz CT molecular complexity index is 625. The van der Waals surface area contributed by atoms with Crippen LogP contribution in [0.4, 0.5) is 11.4 Å². The highest BCUT2D eigenvalue weighted by atomic mass is 32.2. The molecule has 0 atom stereocenters. The van der Waals surface area contributed by atoms with Gasteiger partial charge < -0.3 is 5.32 Å². The Morgan fingerprint density at radius 3 is 2.33 bits per heavy atom. The normalized spacial score (nSPS) is 18.1. The number of carbonyl (C=O) groups is 1. The van der Waals surface area contributed by atoms with Crippen molar-refractivity contribution in [1.82, 2.24) is 0 Å². The van der Waals surface area contributed by atoms with Crippen LogP contribution in [0.2, 0.25) is 0 Å². The number of amides is 1. The van der Waals surface area contributed by atoms with Gasteiger partial charge in [0.25, 0.3) is 5.69 Å². The van der Waals surface area contributed by atoms with E-state index in [0.717, 1.165) is 0 Å². The molecular formula is C13H16N2O5S. The zero-order chi connectivity index (χ0) is 15.5. The fraction of sp³-hybridized carbons (Fsp3) is 0.462. The van der Waals surface area contributed by atoms with Crippen LogP contribution in [0.5, 0.6) is 0 Å². The average molecular weight is 312 g/mol. The second-order valence-electron chi connectivity index (χ2n) is 5.15. The Morgan fingerprint density at radius 2 is 1.81 bits per heavy atom. The minimum atomic E-state index is -2.92. The summed E-state index contributed by atoms with van der Waals surface area (Å²) in [6.07, 6.45) is 1.29. The molecule has 1 saturated heterocycles. The number of hydrogen-bond acceptors (Lipinski definition) is 5. The molecule has 1 aliphatic rings. The van der Waals surface area contributed by atoms with Crippen molar-refractivity contribution in [3.8, 4) is 0 Å². The number of nitrogens with zero attached hydrogens (tertiary/aromatic N) is 1. The SMILES string of the molecule is O=C(CC1CCS(=O)(=O)CC1)Nc1ccc([N+](=O)[O-])cc1. The number of anilines is 1. The van der Waals surface area contributed by atoms with Crippen LogP contribution in [-0.4, -0.2) is 30.8 Å². The van der Waals surface area contributed by atoms with E-state index in [1.807, 2.05) is 0 Å². The van der Waals surface area contributed by atoms with Gasteiger partial charge in [-0.2, -0.15) is 0 Å². The molecule has 1 aliphatic heterocycles. The quantitative estimate of drug-likeness (QED) is 0.673. The van der Waals surface area contributed by atoms with Crippen LogP contribution in [0.1, 0.15) is 19.3 Å². The summed E-state index contributed by atoms with van der Waals surface area (Å²) in [7, 11) is -2.92. The zero-order valence-electron chi connectivity index (χ0n) is 11.3. The van der Waals surface area contributed by atoms with Gasteiger partial charge in [0.1, 0.15) is 9.84 Å². The van der Waals surface area contributed by atoms with E-state index in [1.54, 1.807) is 0 Å². The van der Waals surface area contributed by atoms with Crippen molar-refractivity contribution < 1.29 is 18.1 Å². The van der Waals surface area contributed by atoms with Gasteiger partial charge in [-0.25, -0.2) is 8.42 Å². The second-order valence-corrected chi connectivity index (χ2v) is 7.46. The van der Waals surface area contributed by atoms with Crippen LogP contribution in [0.25, 0.3) is 0 Å². The predicted octanol–water partition coefficient (Wildman–Crippen LogP) is 1.75. The maximum Gasteiger partial charge on any atom is 0.269 e. The largest absolute Gasteiger partial charge is 0.326 e. The molecule has 1 heterocycles. The molecule has 1 N–H and O–H groups in total. The van der Waals surface area contributed by atoms with Crippen LogP contribution in [0.15, 0.2) is 24.3 Å². The number of sulfone groups is 1. The lowest BCUT2D eigenvalue weighted by molar-refractivity contribution is -0.384. The number of benzene rings is 1. The Hall–Kier alpha value is -1.96. The van der Waals surface area contributed by atoms with Crippen LogP contribution < -0.4 is 5.32 Å². The van der Waals surface area contributed by atoms with E-state index in [0.29, 0.717) is 18.5 Å². The Morgan fingerprint density at radius 1 is 1.24 bits per heavy atom. The summed E-state index contributed by atoms with van der Waals surface area (Å²) in [6, 6.07) is 5.59. The van der Waals surface area contributed by atoms with Gasteiger partial charge in [0, 0.05) is 24.2 Å². The summed E-state index contributed by atoms with van der Waals surface area (Å²) in [5, 5.41) is 13.2. The summed E-state index contributed by atoms with van der Waals surface area (Å²) in [5.74, 6) is 0.157. The maximum atomic E-state index is 11.9. The van der Waals surface area contributed by atoms with E-state index in [1.165, 1.54) is 24.3 Å². The number of nitro groups is 1. The zero-order valence-corrected chi connectivity index (χ0v) is 12.1. The molecule has 0 radical (unpaired) electrons. The Balaban J connectivity index is 1.86. The van der Waals surface area contributed by atoms with Gasteiger partial charge in [0.15, 0.2) is 0 Å². The lowest BCUT2D eigenvalue weighted by Gasteiger charge is -2.21. The van der Waals surface area contributed by atoms with Crippen molar-refractivity contribution in [3.05, 3.63) is 34.4 Å². The first-order valence-corrected chi connectivity index (χ1v) is 8.42. The molecule has 1 amide bonds. The summed E-state index contributed by atoms with van der Waals surface area (Å²) >= 11 is 0. The molecule has 1 fully saturated rings. The average Bonchev–Trinajstić information content (AvgIpc) is 2.42. The van der Waals surface area contributed by atoms with E-state index >= 15 is 0 Å². The third kappa shape index (κ3) is 4.52. The number of nitro benzene ring substituents is 1. The maximum absolute atomic E-state index is 11.9. The van der Waals surface area contributed by atoms with E-state index in [9.17, 15) is 23.3 Å². The minimum absolute atomic E-state index is 0.0366. The van der Waals surface area contributed by atoms with Crippen LogP contribution in [-0.2, 0) is 14.6 Å². The topological polar surface area (TPSA) is 106 Å². The molecule has 21 heavy (non-hydrogen) atoms. The number of carbonyl (C=O) groups excluding carboxylic acids is 1. The number of hydrogen-bond donors (Lipinski definition) is 1. The molecule has 0 unspecified atom stereocenters. The molecule has 0 spiro atoms. The summed E-state index contributed by atoms with van der Waals surface area (Å²) in [6.45, 7) is 0. The van der Waals surface area contributed by atoms with Crippen molar-refractivity contribution in [2.75, 3.05) is 16.8 Å². The van der Waals surface area contributed by atoms with Crippen molar-refractivity contribution in [2.45, 2.75) is 19.3 Å². The van der Waals surface area contributed by atoms with Crippen molar-refractivity contribution in [1.29, 1.82) is 0 Å². The summed E-state index contributed by atoms with van der Waals surface area (Å²) < 4.78 is 22.6. The Labute approximate surface area is 122 Å². The highest BCUT2D eigenvalue weighted by Crippen LogP contribution is 2.23. The second kappa shape index (κ2) is 6.21. The van der Waals surface area contributed by atoms with Crippen molar-refractivity contribution in [3.63, 3.8) is 0 Å². The van der Waals surface area contributed by atoms with Crippen LogP contribution in [0, 0.1) is 16.0 Å². The number of rotatable bonds is 4. The van der Waals surface area contributed by atoms with E-state index in [-0.39, 0.29) is 35.4 Å². The fourth-order valence-corrected chi connectivity index (χ4v) is 3.87. The fourth-order valence-electron chi connectivity index (χ4n) is 2.28. The smallest absolute Gasteiger partial charge is 0.269 e. The summed E-state index contributed by atoms with van der Waals surface area (Å²) in [4.78, 5) is 21.9. The first kappa shape index (κ1) is 15.4. The highest BCUT2D eigenvalue weighted by Gasteiger charge is 2.25. The molecular weight excluding hydrogens is 296 g/mol. The summed E-state index contributed by atoms with van der Waals surface area (Å²) in [5.41, 5.74) is 0.458.